The van der Waals surface area contributed by atoms with E-state index in [1.807, 2.05) is 27.7 Å². The minimum Gasteiger partial charge on any atom is -0.326 e. The first-order chi connectivity index (χ1) is 12.8. The van der Waals surface area contributed by atoms with Crippen LogP contribution >= 0.6 is 0 Å². The van der Waals surface area contributed by atoms with Crippen molar-refractivity contribution in [1.29, 1.82) is 0 Å². The van der Waals surface area contributed by atoms with Gasteiger partial charge in [0.05, 0.1) is 11.4 Å². The monoisotopic (exact) mass is 380 g/mol. The molecule has 0 spiro atoms. The minimum absolute atomic E-state index is 0.258. The maximum atomic E-state index is 11.9. The molecule has 1 aliphatic rings. The molecule has 7 heteroatoms. The largest absolute Gasteiger partial charge is 0.326 e. The highest BCUT2D eigenvalue weighted by Crippen LogP contribution is 2.38. The lowest BCUT2D eigenvalue weighted by Gasteiger charge is -2.34. The average Bonchev–Trinajstić information content (AvgIpc) is 2.86. The van der Waals surface area contributed by atoms with Gasteiger partial charge in [-0.1, -0.05) is 33.8 Å². The smallest absolute Gasteiger partial charge is 0.258 e. The molecule has 0 saturated carbocycles. The zero-order valence-corrected chi connectivity index (χ0v) is 17.0. The predicted molar refractivity (Wildman–Crippen MR) is 109 cm³/mol. The number of carbonyl (C=O) groups is 4. The first-order valence-corrected chi connectivity index (χ1v) is 9.09. The van der Waals surface area contributed by atoms with Crippen molar-refractivity contribution in [3.63, 3.8) is 0 Å². The van der Waals surface area contributed by atoms with Gasteiger partial charge in [0.25, 0.3) is 11.8 Å². The van der Waals surface area contributed by atoms with Gasteiger partial charge in [0.2, 0.25) is 5.91 Å². The van der Waals surface area contributed by atoms with Gasteiger partial charge < -0.3 is 10.1 Å². The van der Waals surface area contributed by atoms with Crippen LogP contribution in [0.25, 0.3) is 0 Å². The van der Waals surface area contributed by atoms with Crippen LogP contribution in [0, 0.1) is 10.8 Å². The molecule has 0 fully saturated rings. The molecular weight excluding hydrogens is 355 g/mol. The quantitative estimate of drug-likeness (QED) is 0.583. The average molecular weight is 380 g/mol. The zero-order chi connectivity index (χ0) is 21.3. The van der Waals surface area contributed by atoms with Crippen LogP contribution in [-0.4, -0.2) is 31.3 Å². The van der Waals surface area contributed by atoms with Gasteiger partial charge in [0.15, 0.2) is 7.85 Å². The highest BCUT2D eigenvalue weighted by Gasteiger charge is 2.33. The van der Waals surface area contributed by atoms with Crippen LogP contribution in [0.3, 0.4) is 0 Å². The predicted octanol–water partition coefficient (Wildman–Crippen LogP) is 2.75. The van der Waals surface area contributed by atoms with Crippen LogP contribution in [0.1, 0.15) is 46.6 Å². The highest BCUT2D eigenvalue weighted by atomic mass is 16.2. The number of carbonyl (C=O) groups excluding carboxylic acids is 4. The molecule has 1 N–H and O–H groups in total. The number of nitrogens with zero attached hydrogens (tertiary/aromatic N) is 1. The number of anilines is 2. The number of hydrogen-bond acceptors (Lipinski definition) is 4. The Hall–Kier alpha value is -2.70. The Kier molecular flexibility index (Phi) is 5.97. The Labute approximate surface area is 166 Å². The van der Waals surface area contributed by atoms with Crippen LogP contribution in [-0.2, 0) is 25.6 Å². The second kappa shape index (κ2) is 7.74. The third-order valence-electron chi connectivity index (χ3n) is 4.73. The summed E-state index contributed by atoms with van der Waals surface area (Å²) in [5.41, 5.74) is 0.448. The molecular formula is C21H25BN2O4. The fraction of sp³-hybridized carbons (Fsp3) is 0.429. The molecule has 1 aliphatic heterocycles. The van der Waals surface area contributed by atoms with E-state index in [4.69, 9.17) is 7.85 Å². The molecule has 2 rings (SSSR count). The first-order valence-electron chi connectivity index (χ1n) is 9.09. The maximum Gasteiger partial charge on any atom is 0.258 e. The molecule has 0 aliphatic carbocycles. The van der Waals surface area contributed by atoms with Crippen molar-refractivity contribution in [2.45, 2.75) is 47.5 Å². The highest BCUT2D eigenvalue weighted by molar-refractivity contribution is 6.58. The second-order valence-corrected chi connectivity index (χ2v) is 8.63. The van der Waals surface area contributed by atoms with E-state index in [9.17, 15) is 19.2 Å². The minimum atomic E-state index is -0.669. The first kappa shape index (κ1) is 21.6. The second-order valence-electron chi connectivity index (χ2n) is 8.63. The van der Waals surface area contributed by atoms with E-state index < -0.39 is 17.2 Å². The van der Waals surface area contributed by atoms with Gasteiger partial charge >= 0.3 is 0 Å². The molecule has 6 nitrogen and oxygen atoms in total. The molecule has 1 heterocycles. The summed E-state index contributed by atoms with van der Waals surface area (Å²) < 4.78 is 0. The van der Waals surface area contributed by atoms with Gasteiger partial charge in [0.1, 0.15) is 0 Å². The third-order valence-corrected chi connectivity index (χ3v) is 4.73. The van der Waals surface area contributed by atoms with Crippen LogP contribution in [0.2, 0.25) is 0 Å². The van der Waals surface area contributed by atoms with Crippen molar-refractivity contribution >= 4 is 42.6 Å². The Balaban J connectivity index is 2.35. The molecule has 0 unspecified atom stereocenters. The van der Waals surface area contributed by atoms with Crippen molar-refractivity contribution < 1.29 is 19.2 Å². The topological polar surface area (TPSA) is 83.6 Å². The summed E-state index contributed by atoms with van der Waals surface area (Å²) in [6.45, 7) is 9.08. The van der Waals surface area contributed by atoms with Crippen molar-refractivity contribution in [3.05, 3.63) is 35.9 Å². The third kappa shape index (κ3) is 4.97. The molecule has 2 radical (unpaired) electrons. The fourth-order valence-electron chi connectivity index (χ4n) is 3.68. The van der Waals surface area contributed by atoms with Gasteiger partial charge in [-0.05, 0) is 36.0 Å². The van der Waals surface area contributed by atoms with Gasteiger partial charge in [-0.3, -0.25) is 14.4 Å². The molecule has 1 aromatic carbocycles. The van der Waals surface area contributed by atoms with E-state index in [0.29, 0.717) is 24.2 Å². The number of hydrogen-bond donors (Lipinski definition) is 1. The van der Waals surface area contributed by atoms with E-state index in [2.05, 4.69) is 5.32 Å². The Morgan fingerprint density at radius 3 is 2.14 bits per heavy atom. The summed E-state index contributed by atoms with van der Waals surface area (Å²) in [7, 11) is 5.51. The number of rotatable bonds is 7. The SMILES string of the molecule is [B]C(=O)C(C)(C)CC(C)(C)Cc1ccc(N2C(=O)C=CC2=O)cc1NC(C)=O. The van der Waals surface area contributed by atoms with E-state index in [1.165, 1.54) is 19.1 Å². The lowest BCUT2D eigenvalue weighted by Crippen LogP contribution is -2.32. The van der Waals surface area contributed by atoms with E-state index in [1.54, 1.807) is 18.2 Å². The van der Waals surface area contributed by atoms with Crippen molar-refractivity contribution in [1.82, 2.24) is 0 Å². The summed E-state index contributed by atoms with van der Waals surface area (Å²) >= 11 is 0. The number of nitrogens with one attached hydrogen (secondary N) is 1. The van der Waals surface area contributed by atoms with Crippen LogP contribution in [0.15, 0.2) is 30.4 Å². The normalized spacial score (nSPS) is 14.5. The van der Waals surface area contributed by atoms with Crippen LogP contribution < -0.4 is 10.2 Å². The van der Waals surface area contributed by atoms with Gasteiger partial charge in [0, 0.05) is 30.2 Å². The zero-order valence-electron chi connectivity index (χ0n) is 17.0. The van der Waals surface area contributed by atoms with Crippen LogP contribution in [0.5, 0.6) is 0 Å². The molecule has 28 heavy (non-hydrogen) atoms. The summed E-state index contributed by atoms with van der Waals surface area (Å²) in [6, 6.07) is 5.09. The molecule has 146 valence electrons. The Bertz CT molecular complexity index is 853. The maximum absolute atomic E-state index is 11.9. The fourth-order valence-corrected chi connectivity index (χ4v) is 3.68. The van der Waals surface area contributed by atoms with Gasteiger partial charge in [-0.2, -0.15) is 0 Å². The van der Waals surface area contributed by atoms with Crippen LogP contribution in [0.4, 0.5) is 11.4 Å². The van der Waals surface area contributed by atoms with Crippen molar-refractivity contribution in [3.8, 4) is 0 Å². The standard InChI is InChI=1S/C21H25BN2O4/c1-13(25)23-16-10-15(24-17(26)8-9-18(24)27)7-6-14(16)11-20(2,3)12-21(4,5)19(22)28/h6-10H,11-12H2,1-5H3,(H,23,25). The Morgan fingerprint density at radius 2 is 1.64 bits per heavy atom. The molecule has 0 bridgehead atoms. The lowest BCUT2D eigenvalue weighted by molar-refractivity contribution is -0.121. The number of benzene rings is 1. The van der Waals surface area contributed by atoms with Gasteiger partial charge in [-0.25, -0.2) is 4.90 Å². The molecule has 0 atom stereocenters. The molecule has 0 aromatic heterocycles. The van der Waals surface area contributed by atoms with Crippen molar-refractivity contribution in [2.75, 3.05) is 10.2 Å². The molecule has 1 aromatic rings. The lowest BCUT2D eigenvalue weighted by atomic mass is 9.66. The molecule has 3 amide bonds. The summed E-state index contributed by atoms with van der Waals surface area (Å²) in [5, 5.41) is 2.77. The number of amides is 3. The van der Waals surface area contributed by atoms with Crippen molar-refractivity contribution in [2.24, 2.45) is 10.8 Å². The van der Waals surface area contributed by atoms with E-state index >= 15 is 0 Å². The summed E-state index contributed by atoms with van der Waals surface area (Å²) in [5.74, 6) is -1.10. The molecule has 0 saturated heterocycles. The van der Waals surface area contributed by atoms with E-state index in [-0.39, 0.29) is 17.0 Å². The summed E-state index contributed by atoms with van der Waals surface area (Å²) in [6.07, 6.45) is 3.55. The Morgan fingerprint density at radius 1 is 1.07 bits per heavy atom. The van der Waals surface area contributed by atoms with Gasteiger partial charge in [-0.15, -0.1) is 0 Å². The number of imide groups is 1. The summed E-state index contributed by atoms with van der Waals surface area (Å²) in [4.78, 5) is 48.3. The van der Waals surface area contributed by atoms with E-state index in [0.717, 1.165) is 10.5 Å².